The van der Waals surface area contributed by atoms with E-state index >= 15 is 0 Å². The number of aromatic nitrogens is 3. The van der Waals surface area contributed by atoms with Crippen LogP contribution >= 0.6 is 11.3 Å². The van der Waals surface area contributed by atoms with Gasteiger partial charge in [-0.2, -0.15) is 0 Å². The summed E-state index contributed by atoms with van der Waals surface area (Å²) >= 11 is 1.73. The highest BCUT2D eigenvalue weighted by atomic mass is 32.1. The van der Waals surface area contributed by atoms with Crippen molar-refractivity contribution in [3.05, 3.63) is 99.6 Å². The zero-order chi connectivity index (χ0) is 27.9. The van der Waals surface area contributed by atoms with Crippen molar-refractivity contribution in [1.29, 1.82) is 0 Å². The highest BCUT2D eigenvalue weighted by molar-refractivity contribution is 7.10. The summed E-state index contributed by atoms with van der Waals surface area (Å²) in [4.78, 5) is 25.2. The molecule has 6 rings (SSSR count). The number of imidazole rings is 1. The van der Waals surface area contributed by atoms with E-state index in [-0.39, 0.29) is 11.3 Å². The number of hydrogen-bond acceptors (Lipinski definition) is 6. The molecule has 1 saturated carbocycles. The van der Waals surface area contributed by atoms with Gasteiger partial charge in [-0.15, -0.1) is 11.3 Å². The minimum absolute atomic E-state index is 0.144. The summed E-state index contributed by atoms with van der Waals surface area (Å²) in [5, 5.41) is 6.23. The maximum absolute atomic E-state index is 12.9. The Labute approximate surface area is 238 Å². The molecule has 2 aromatic carbocycles. The van der Waals surface area contributed by atoms with Crippen molar-refractivity contribution >= 4 is 34.3 Å². The van der Waals surface area contributed by atoms with E-state index in [4.69, 9.17) is 15.7 Å². The van der Waals surface area contributed by atoms with E-state index in [2.05, 4.69) is 71.5 Å². The van der Waals surface area contributed by atoms with Gasteiger partial charge in [-0.1, -0.05) is 37.1 Å². The largest absolute Gasteiger partial charge is 0.397 e. The van der Waals surface area contributed by atoms with Crippen LogP contribution in [0.2, 0.25) is 0 Å². The number of aryl methyl sites for hydroxylation is 1. The molecule has 204 valence electrons. The maximum atomic E-state index is 12.9. The molecule has 1 aliphatic rings. The lowest BCUT2D eigenvalue weighted by molar-refractivity contribution is 0.102. The molecule has 0 saturated heterocycles. The maximum Gasteiger partial charge on any atom is 0.255 e. The van der Waals surface area contributed by atoms with Crippen LogP contribution < -0.4 is 11.1 Å². The summed E-state index contributed by atoms with van der Waals surface area (Å²) in [7, 11) is 4.15. The van der Waals surface area contributed by atoms with Gasteiger partial charge in [0, 0.05) is 29.1 Å². The lowest BCUT2D eigenvalue weighted by Crippen LogP contribution is -2.24. The van der Waals surface area contributed by atoms with E-state index in [0.29, 0.717) is 16.9 Å². The summed E-state index contributed by atoms with van der Waals surface area (Å²) in [6, 6.07) is 19.6. The molecule has 7 nitrogen and oxygen atoms in total. The average molecular weight is 551 g/mol. The number of carbonyl (C=O) groups is 1. The summed E-state index contributed by atoms with van der Waals surface area (Å²) in [5.74, 6) is -0.168. The van der Waals surface area contributed by atoms with Gasteiger partial charge in [0.1, 0.15) is 16.3 Å². The number of benzene rings is 2. The first-order valence-electron chi connectivity index (χ1n) is 13.7. The van der Waals surface area contributed by atoms with Crippen LogP contribution in [-0.2, 0) is 12.0 Å². The van der Waals surface area contributed by atoms with Crippen LogP contribution in [-0.4, -0.2) is 39.3 Å². The zero-order valence-electron chi connectivity index (χ0n) is 23.1. The number of pyridine rings is 1. The highest BCUT2D eigenvalue weighted by Gasteiger charge is 2.40. The third-order valence-corrected chi connectivity index (χ3v) is 8.93. The molecule has 3 heterocycles. The standard InChI is InChI=1S/C32H34N6OS/c1-21-29(38-17-14-22(19-37(2)3)18-28(38)34-21)27-20-40-31(36-27)32(15-6-7-16-32)24-12-10-23(11-13-24)30(39)35-26-9-5-4-8-25(26)33/h4-5,8-14,17-18,20H,6-7,15-16,19,33H2,1-3H3,(H,35,39). The Hall–Kier alpha value is -4.01. The lowest BCUT2D eigenvalue weighted by Gasteiger charge is -2.27. The first kappa shape index (κ1) is 26.2. The Balaban J connectivity index is 1.30. The summed E-state index contributed by atoms with van der Waals surface area (Å²) < 4.78 is 2.15. The number of amides is 1. The van der Waals surface area contributed by atoms with Crippen LogP contribution in [0.15, 0.2) is 72.2 Å². The van der Waals surface area contributed by atoms with Crippen LogP contribution in [0.3, 0.4) is 0 Å². The Kier molecular flexibility index (Phi) is 6.90. The van der Waals surface area contributed by atoms with Crippen LogP contribution in [0, 0.1) is 6.92 Å². The minimum atomic E-state index is -0.168. The fourth-order valence-electron chi connectivity index (χ4n) is 5.93. The number of nitrogen functional groups attached to an aromatic ring is 1. The molecule has 5 aromatic rings. The van der Waals surface area contributed by atoms with E-state index in [0.717, 1.165) is 60.0 Å². The molecule has 0 atom stereocenters. The lowest BCUT2D eigenvalue weighted by atomic mass is 9.79. The van der Waals surface area contributed by atoms with Crippen molar-refractivity contribution in [2.24, 2.45) is 0 Å². The van der Waals surface area contributed by atoms with Gasteiger partial charge < -0.3 is 16.0 Å². The van der Waals surface area contributed by atoms with Gasteiger partial charge in [-0.25, -0.2) is 9.97 Å². The van der Waals surface area contributed by atoms with Crippen molar-refractivity contribution < 1.29 is 4.79 Å². The van der Waals surface area contributed by atoms with Gasteiger partial charge in [0.05, 0.1) is 22.8 Å². The quantitative estimate of drug-likeness (QED) is 0.225. The zero-order valence-corrected chi connectivity index (χ0v) is 24.0. The molecule has 0 radical (unpaired) electrons. The van der Waals surface area contributed by atoms with Gasteiger partial charge in [0.15, 0.2) is 0 Å². The second-order valence-corrected chi connectivity index (χ2v) is 11.9. The molecule has 1 aliphatic carbocycles. The second-order valence-electron chi connectivity index (χ2n) is 11.0. The topological polar surface area (TPSA) is 88.5 Å². The number of nitrogens with two attached hydrogens (primary N) is 1. The SMILES string of the molecule is Cc1nc2cc(CN(C)C)ccn2c1-c1csc(C2(c3ccc(C(=O)Nc4ccccc4N)cc3)CCCC2)n1. The number of anilines is 2. The minimum Gasteiger partial charge on any atom is -0.397 e. The highest BCUT2D eigenvalue weighted by Crippen LogP contribution is 2.48. The second kappa shape index (κ2) is 10.5. The fraction of sp³-hybridized carbons (Fsp3) is 0.281. The number of hydrogen-bond donors (Lipinski definition) is 2. The first-order chi connectivity index (χ1) is 19.3. The first-order valence-corrected chi connectivity index (χ1v) is 14.6. The summed E-state index contributed by atoms with van der Waals surface area (Å²) in [6.45, 7) is 2.94. The molecule has 1 fully saturated rings. The smallest absolute Gasteiger partial charge is 0.255 e. The van der Waals surface area contributed by atoms with Crippen LogP contribution in [0.25, 0.3) is 17.0 Å². The Morgan fingerprint density at radius 2 is 1.82 bits per heavy atom. The van der Waals surface area contributed by atoms with Gasteiger partial charge >= 0.3 is 0 Å². The molecule has 8 heteroatoms. The summed E-state index contributed by atoms with van der Waals surface area (Å²) in [5.41, 5.74) is 14.0. The van der Waals surface area contributed by atoms with Crippen molar-refractivity contribution in [2.45, 2.75) is 44.6 Å². The van der Waals surface area contributed by atoms with E-state index in [9.17, 15) is 4.79 Å². The molecule has 1 amide bonds. The molecule has 0 bridgehead atoms. The van der Waals surface area contributed by atoms with Gasteiger partial charge in [-0.05, 0) is 81.4 Å². The number of fused-ring (bicyclic) bond motifs is 1. The van der Waals surface area contributed by atoms with Crippen molar-refractivity contribution in [2.75, 3.05) is 25.1 Å². The fourth-order valence-corrected chi connectivity index (χ4v) is 7.02. The van der Waals surface area contributed by atoms with E-state index in [1.165, 1.54) is 11.1 Å². The number of nitrogens with zero attached hydrogens (tertiary/aromatic N) is 4. The van der Waals surface area contributed by atoms with Gasteiger partial charge in [0.25, 0.3) is 5.91 Å². The predicted molar refractivity (Wildman–Crippen MR) is 163 cm³/mol. The van der Waals surface area contributed by atoms with Gasteiger partial charge in [0.2, 0.25) is 0 Å². The normalized spacial score (nSPS) is 14.7. The molecule has 3 N–H and O–H groups in total. The molecular formula is C32H34N6OS. The number of thiazole rings is 1. The van der Waals surface area contributed by atoms with E-state index in [1.807, 2.05) is 30.3 Å². The monoisotopic (exact) mass is 550 g/mol. The van der Waals surface area contributed by atoms with E-state index in [1.54, 1.807) is 17.4 Å². The van der Waals surface area contributed by atoms with Crippen molar-refractivity contribution in [1.82, 2.24) is 19.3 Å². The Morgan fingerprint density at radius 1 is 1.07 bits per heavy atom. The third kappa shape index (κ3) is 4.78. The average Bonchev–Trinajstić information content (AvgIpc) is 3.68. The van der Waals surface area contributed by atoms with E-state index < -0.39 is 0 Å². The van der Waals surface area contributed by atoms with Crippen molar-refractivity contribution in [3.63, 3.8) is 0 Å². The number of nitrogens with one attached hydrogen (secondary N) is 1. The Morgan fingerprint density at radius 3 is 2.55 bits per heavy atom. The predicted octanol–water partition coefficient (Wildman–Crippen LogP) is 6.52. The van der Waals surface area contributed by atoms with Crippen LogP contribution in [0.1, 0.15) is 57.9 Å². The molecule has 0 aliphatic heterocycles. The molecule has 0 spiro atoms. The number of para-hydroxylation sites is 2. The van der Waals surface area contributed by atoms with Crippen molar-refractivity contribution in [3.8, 4) is 11.4 Å². The number of carbonyl (C=O) groups excluding carboxylic acids is 1. The summed E-state index contributed by atoms with van der Waals surface area (Å²) in [6.07, 6.45) is 6.53. The molecular weight excluding hydrogens is 516 g/mol. The van der Waals surface area contributed by atoms with Gasteiger partial charge in [-0.3, -0.25) is 9.20 Å². The molecule has 40 heavy (non-hydrogen) atoms. The molecule has 0 unspecified atom stereocenters. The third-order valence-electron chi connectivity index (χ3n) is 7.89. The van der Waals surface area contributed by atoms with Crippen LogP contribution in [0.4, 0.5) is 11.4 Å². The number of rotatable bonds is 7. The Bertz CT molecular complexity index is 1680. The van der Waals surface area contributed by atoms with Crippen LogP contribution in [0.5, 0.6) is 0 Å². The molecule has 3 aromatic heterocycles.